The van der Waals surface area contributed by atoms with Gasteiger partial charge in [-0.3, -0.25) is 4.79 Å². The summed E-state index contributed by atoms with van der Waals surface area (Å²) in [5.74, 6) is 0.434. The highest BCUT2D eigenvalue weighted by molar-refractivity contribution is 9.11. The number of fused-ring (bicyclic) bond motifs is 2. The first-order valence-corrected chi connectivity index (χ1v) is 9.21. The zero-order valence-corrected chi connectivity index (χ0v) is 15.7. The maximum Gasteiger partial charge on any atom is 0.433 e. The minimum absolute atomic E-state index is 0.121. The van der Waals surface area contributed by atoms with Crippen molar-refractivity contribution in [1.29, 1.82) is 0 Å². The van der Waals surface area contributed by atoms with Gasteiger partial charge in [-0.15, -0.1) is 16.4 Å². The topological polar surface area (TPSA) is 63.4 Å². The van der Waals surface area contributed by atoms with Gasteiger partial charge >= 0.3 is 6.18 Å². The van der Waals surface area contributed by atoms with Crippen molar-refractivity contribution in [2.75, 3.05) is 11.4 Å². The fourth-order valence-electron chi connectivity index (χ4n) is 2.98. The first kappa shape index (κ1) is 17.4. The summed E-state index contributed by atoms with van der Waals surface area (Å²) >= 11 is 4.86. The third-order valence-electron chi connectivity index (χ3n) is 4.12. The molecule has 6 nitrogen and oxygen atoms in total. The Labute approximate surface area is 157 Å². The third-order valence-corrected chi connectivity index (χ3v) is 5.65. The Morgan fingerprint density at radius 3 is 2.77 bits per heavy atom. The maximum atomic E-state index is 13.3. The molecule has 1 aliphatic rings. The van der Waals surface area contributed by atoms with Gasteiger partial charge in [-0.2, -0.15) is 18.2 Å². The lowest BCUT2D eigenvalue weighted by Crippen LogP contribution is -2.32. The molecule has 4 heterocycles. The Morgan fingerprint density at radius 2 is 2.04 bits per heavy atom. The summed E-state index contributed by atoms with van der Waals surface area (Å²) in [6.45, 7) is 2.86. The highest BCUT2D eigenvalue weighted by Gasteiger charge is 2.35. The SMILES string of the molecule is Cc1cc2nc(=O)cc(C(F)(F)F)n2nc1N1CCc2nc(Br)sc2C1. The molecule has 0 aromatic carbocycles. The van der Waals surface area contributed by atoms with Gasteiger partial charge in [0.2, 0.25) is 0 Å². The number of anilines is 1. The van der Waals surface area contributed by atoms with Gasteiger partial charge < -0.3 is 4.90 Å². The second-order valence-corrected chi connectivity index (χ2v) is 8.27. The van der Waals surface area contributed by atoms with Crippen LogP contribution < -0.4 is 10.5 Å². The van der Waals surface area contributed by atoms with E-state index in [1.54, 1.807) is 6.92 Å². The van der Waals surface area contributed by atoms with Crippen LogP contribution in [0, 0.1) is 6.92 Å². The molecule has 0 amide bonds. The first-order chi connectivity index (χ1) is 12.2. The molecule has 0 unspecified atom stereocenters. The fourth-order valence-corrected chi connectivity index (χ4v) is 4.63. The summed E-state index contributed by atoms with van der Waals surface area (Å²) < 4.78 is 41.4. The predicted molar refractivity (Wildman–Crippen MR) is 93.6 cm³/mol. The van der Waals surface area contributed by atoms with Crippen LogP contribution in [0.4, 0.5) is 19.0 Å². The molecular formula is C15H11BrF3N5OS. The van der Waals surface area contributed by atoms with E-state index in [0.29, 0.717) is 41.5 Å². The summed E-state index contributed by atoms with van der Waals surface area (Å²) in [7, 11) is 0. The highest BCUT2D eigenvalue weighted by atomic mass is 79.9. The molecule has 1 aliphatic heterocycles. The van der Waals surface area contributed by atoms with E-state index in [1.165, 1.54) is 17.4 Å². The summed E-state index contributed by atoms with van der Waals surface area (Å²) in [6.07, 6.45) is -4.02. The summed E-state index contributed by atoms with van der Waals surface area (Å²) in [6, 6.07) is 1.92. The Kier molecular flexibility index (Phi) is 4.03. The molecule has 0 N–H and O–H groups in total. The van der Waals surface area contributed by atoms with E-state index in [4.69, 9.17) is 0 Å². The van der Waals surface area contributed by atoms with Crippen LogP contribution in [-0.2, 0) is 19.1 Å². The van der Waals surface area contributed by atoms with E-state index >= 15 is 0 Å². The molecule has 0 radical (unpaired) electrons. The van der Waals surface area contributed by atoms with Crippen LogP contribution in [0.1, 0.15) is 21.8 Å². The Bertz CT molecular complexity index is 1080. The van der Waals surface area contributed by atoms with E-state index < -0.39 is 17.4 Å². The standard InChI is InChI=1S/C15H11BrF3N5OS/c1-7-4-11-21-12(25)5-10(15(17,18)19)24(11)22-13(7)23-3-2-8-9(6-23)26-14(16)20-8/h4-5H,2-3,6H2,1H3. The van der Waals surface area contributed by atoms with Crippen LogP contribution in [-0.4, -0.2) is 26.1 Å². The Balaban J connectivity index is 1.85. The fraction of sp³-hybridized carbons (Fsp3) is 0.333. The van der Waals surface area contributed by atoms with E-state index in [2.05, 4.69) is 31.0 Å². The van der Waals surface area contributed by atoms with Crippen molar-refractivity contribution < 1.29 is 13.2 Å². The highest BCUT2D eigenvalue weighted by Crippen LogP contribution is 2.32. The van der Waals surface area contributed by atoms with Crippen molar-refractivity contribution in [3.8, 4) is 0 Å². The van der Waals surface area contributed by atoms with Crippen molar-refractivity contribution in [2.45, 2.75) is 26.1 Å². The van der Waals surface area contributed by atoms with Crippen molar-refractivity contribution >= 4 is 38.7 Å². The molecule has 4 rings (SSSR count). The molecule has 3 aromatic heterocycles. The van der Waals surface area contributed by atoms with Gasteiger partial charge in [-0.25, -0.2) is 9.50 Å². The van der Waals surface area contributed by atoms with Gasteiger partial charge in [0.15, 0.2) is 21.1 Å². The van der Waals surface area contributed by atoms with Crippen molar-refractivity contribution in [3.05, 3.63) is 48.2 Å². The summed E-state index contributed by atoms with van der Waals surface area (Å²) in [5, 5.41) is 4.18. The van der Waals surface area contributed by atoms with Gasteiger partial charge in [0.1, 0.15) is 0 Å². The first-order valence-electron chi connectivity index (χ1n) is 7.60. The van der Waals surface area contributed by atoms with E-state index in [1.807, 2.05) is 4.90 Å². The average molecular weight is 446 g/mol. The average Bonchev–Trinajstić information content (AvgIpc) is 2.91. The van der Waals surface area contributed by atoms with E-state index in [9.17, 15) is 18.0 Å². The third kappa shape index (κ3) is 2.98. The number of nitrogens with zero attached hydrogens (tertiary/aromatic N) is 5. The number of rotatable bonds is 1. The Morgan fingerprint density at radius 1 is 1.27 bits per heavy atom. The number of alkyl halides is 3. The number of thiazole rings is 1. The maximum absolute atomic E-state index is 13.3. The van der Waals surface area contributed by atoms with Crippen molar-refractivity contribution in [3.63, 3.8) is 0 Å². The normalized spacial score (nSPS) is 14.7. The molecule has 0 aliphatic carbocycles. The number of halogens is 4. The molecular weight excluding hydrogens is 435 g/mol. The molecule has 0 saturated carbocycles. The number of hydrogen-bond acceptors (Lipinski definition) is 6. The van der Waals surface area contributed by atoms with Crippen LogP contribution >= 0.6 is 27.3 Å². The summed E-state index contributed by atoms with van der Waals surface area (Å²) in [4.78, 5) is 22.5. The number of hydrogen-bond donors (Lipinski definition) is 0. The van der Waals surface area contributed by atoms with Crippen LogP contribution in [0.3, 0.4) is 0 Å². The van der Waals surface area contributed by atoms with Crippen LogP contribution in [0.15, 0.2) is 20.8 Å². The van der Waals surface area contributed by atoms with Gasteiger partial charge in [0.25, 0.3) is 5.56 Å². The van der Waals surface area contributed by atoms with E-state index in [0.717, 1.165) is 14.5 Å². The lowest BCUT2D eigenvalue weighted by atomic mass is 10.1. The van der Waals surface area contributed by atoms with Crippen LogP contribution in [0.5, 0.6) is 0 Å². The minimum atomic E-state index is -4.71. The molecule has 0 spiro atoms. The van der Waals surface area contributed by atoms with Crippen LogP contribution in [0.2, 0.25) is 0 Å². The molecule has 0 atom stereocenters. The Hall–Kier alpha value is -2.01. The largest absolute Gasteiger partial charge is 0.433 e. The molecule has 0 fully saturated rings. The quantitative estimate of drug-likeness (QED) is 0.575. The molecule has 0 bridgehead atoms. The minimum Gasteiger partial charge on any atom is -0.349 e. The number of aryl methyl sites for hydroxylation is 1. The smallest absolute Gasteiger partial charge is 0.349 e. The van der Waals surface area contributed by atoms with Crippen molar-refractivity contribution in [2.24, 2.45) is 0 Å². The van der Waals surface area contributed by atoms with Gasteiger partial charge in [0, 0.05) is 23.9 Å². The lowest BCUT2D eigenvalue weighted by molar-refractivity contribution is -0.142. The van der Waals surface area contributed by atoms with Crippen LogP contribution in [0.25, 0.3) is 5.65 Å². The second kappa shape index (κ2) is 6.02. The molecule has 3 aromatic rings. The molecule has 11 heteroatoms. The molecule has 26 heavy (non-hydrogen) atoms. The zero-order valence-electron chi connectivity index (χ0n) is 13.3. The monoisotopic (exact) mass is 445 g/mol. The van der Waals surface area contributed by atoms with Gasteiger partial charge in [-0.05, 0) is 34.5 Å². The predicted octanol–water partition coefficient (Wildman–Crippen LogP) is 3.20. The number of aromatic nitrogens is 4. The van der Waals surface area contributed by atoms with Crippen molar-refractivity contribution in [1.82, 2.24) is 19.6 Å². The second-order valence-electron chi connectivity index (χ2n) is 5.91. The molecule has 136 valence electrons. The molecule has 0 saturated heterocycles. The van der Waals surface area contributed by atoms with Gasteiger partial charge in [0.05, 0.1) is 12.2 Å². The lowest BCUT2D eigenvalue weighted by Gasteiger charge is -2.28. The van der Waals surface area contributed by atoms with Gasteiger partial charge in [-0.1, -0.05) is 0 Å². The zero-order chi connectivity index (χ0) is 18.6. The van der Waals surface area contributed by atoms with E-state index in [-0.39, 0.29) is 5.65 Å². The summed E-state index contributed by atoms with van der Waals surface area (Å²) in [5.41, 5.74) is -0.541.